The van der Waals surface area contributed by atoms with E-state index in [1.54, 1.807) is 6.92 Å². The number of carbonyl (C=O) groups excluding carboxylic acids is 1. The summed E-state index contributed by atoms with van der Waals surface area (Å²) in [5.41, 5.74) is -6.81. The molecule has 3 aromatic carbocycles. The van der Waals surface area contributed by atoms with E-state index in [1.807, 2.05) is 0 Å². The number of hydrogen-bond donors (Lipinski definition) is 2. The van der Waals surface area contributed by atoms with Gasteiger partial charge in [0.1, 0.15) is 5.82 Å². The Labute approximate surface area is 244 Å². The smallest absolute Gasteiger partial charge is 0.369 e. The van der Waals surface area contributed by atoms with Crippen molar-refractivity contribution in [1.82, 2.24) is 5.16 Å². The van der Waals surface area contributed by atoms with E-state index in [2.05, 4.69) is 26.8 Å². The quantitative estimate of drug-likeness (QED) is 0.197. The Bertz CT molecular complexity index is 1880. The molecule has 1 fully saturated rings. The average molecular weight is 619 g/mol. The highest BCUT2D eigenvalue weighted by Gasteiger charge is 2.54. The molecule has 4 aromatic rings. The Morgan fingerprint density at radius 2 is 1.59 bits per heavy atom. The molecule has 1 aliphatic rings. The predicted molar refractivity (Wildman–Crippen MR) is 144 cm³/mol. The highest BCUT2D eigenvalue weighted by molar-refractivity contribution is 6.01. The summed E-state index contributed by atoms with van der Waals surface area (Å²) in [4.78, 5) is 25.6. The maximum atomic E-state index is 14.9. The lowest BCUT2D eigenvalue weighted by atomic mass is 9.81. The first-order valence-electron chi connectivity index (χ1n) is 13.0. The number of alkyl halides is 6. The topological polar surface area (TPSA) is 92.4 Å². The lowest BCUT2D eigenvalue weighted by Gasteiger charge is -2.28. The SMILES string of the molecule is Cc1noc(=O)c2ccc(NC(=O)C(O)(C#Cc3ccc(C(F)(F)F)cc3)CC3(c4cc(C(F)(F)F)ccc4F)CC3)cc12. The minimum absolute atomic E-state index is 0.00143. The molecule has 0 radical (unpaired) electrons. The number of aliphatic hydroxyl groups is 1. The second-order valence-corrected chi connectivity index (χ2v) is 10.6. The zero-order valence-electron chi connectivity index (χ0n) is 22.7. The van der Waals surface area contributed by atoms with Crippen molar-refractivity contribution in [2.75, 3.05) is 5.32 Å². The second-order valence-electron chi connectivity index (χ2n) is 10.6. The number of aromatic nitrogens is 1. The number of rotatable bonds is 5. The molecule has 0 saturated heterocycles. The molecule has 1 aromatic heterocycles. The van der Waals surface area contributed by atoms with Gasteiger partial charge in [-0.05, 0) is 86.0 Å². The molecule has 1 aliphatic carbocycles. The van der Waals surface area contributed by atoms with Crippen LogP contribution in [0.5, 0.6) is 0 Å². The van der Waals surface area contributed by atoms with Gasteiger partial charge in [-0.3, -0.25) is 4.79 Å². The number of fused-ring (bicyclic) bond motifs is 1. The third-order valence-corrected chi connectivity index (χ3v) is 7.47. The molecule has 1 atom stereocenters. The molecule has 0 aliphatic heterocycles. The van der Waals surface area contributed by atoms with Gasteiger partial charge in [0.2, 0.25) is 5.60 Å². The molecule has 0 spiro atoms. The summed E-state index contributed by atoms with van der Waals surface area (Å²) in [6, 6.07) is 9.50. The van der Waals surface area contributed by atoms with Gasteiger partial charge in [-0.25, -0.2) is 9.18 Å². The van der Waals surface area contributed by atoms with E-state index in [1.165, 1.54) is 18.2 Å². The van der Waals surface area contributed by atoms with E-state index in [0.717, 1.165) is 24.3 Å². The van der Waals surface area contributed by atoms with Crippen LogP contribution in [-0.2, 0) is 22.6 Å². The van der Waals surface area contributed by atoms with Crippen molar-refractivity contribution in [3.8, 4) is 11.8 Å². The van der Waals surface area contributed by atoms with Crippen LogP contribution in [0, 0.1) is 24.6 Å². The lowest BCUT2D eigenvalue weighted by Crippen LogP contribution is -2.44. The van der Waals surface area contributed by atoms with Crippen LogP contribution in [0.25, 0.3) is 10.8 Å². The first kappa shape index (κ1) is 30.7. The van der Waals surface area contributed by atoms with Crippen molar-refractivity contribution in [1.29, 1.82) is 0 Å². The molecule has 6 nitrogen and oxygen atoms in total. The van der Waals surface area contributed by atoms with Crippen molar-refractivity contribution in [2.24, 2.45) is 0 Å². The summed E-state index contributed by atoms with van der Waals surface area (Å²) < 4.78 is 98.8. The molecule has 228 valence electrons. The molecule has 5 rings (SSSR count). The summed E-state index contributed by atoms with van der Waals surface area (Å²) in [5.74, 6) is 2.73. The lowest BCUT2D eigenvalue weighted by molar-refractivity contribution is -0.138. The molecule has 1 saturated carbocycles. The fourth-order valence-electron chi connectivity index (χ4n) is 4.93. The van der Waals surface area contributed by atoms with E-state index in [0.29, 0.717) is 29.3 Å². The van der Waals surface area contributed by atoms with Crippen LogP contribution in [-0.4, -0.2) is 21.8 Å². The molecule has 0 bridgehead atoms. The molecule has 1 unspecified atom stereocenters. The summed E-state index contributed by atoms with van der Waals surface area (Å²) in [6.45, 7) is 1.54. The summed E-state index contributed by atoms with van der Waals surface area (Å²) in [7, 11) is 0. The minimum Gasteiger partial charge on any atom is -0.369 e. The van der Waals surface area contributed by atoms with Crippen molar-refractivity contribution < 1.29 is 45.2 Å². The second kappa shape index (κ2) is 10.8. The van der Waals surface area contributed by atoms with Crippen LogP contribution in [0.15, 0.2) is 70.0 Å². The van der Waals surface area contributed by atoms with Crippen molar-refractivity contribution in [3.05, 3.63) is 105 Å². The molecule has 1 heterocycles. The molecular formula is C31H21F7N2O4. The number of halogens is 7. The Kier molecular flexibility index (Phi) is 7.53. The van der Waals surface area contributed by atoms with Gasteiger partial charge in [-0.15, -0.1) is 0 Å². The standard InChI is InChI=1S/C31H21F7N2O4/c1-17-23-15-21(7-8-22(23)26(41)44-40-17)39-27(42)29(43,11-10-18-2-4-19(5-3-18)30(33,34)35)16-28(12-13-28)24-14-20(31(36,37)38)6-9-25(24)32/h2-9,14-15,43H,12-13,16H2,1H3,(H,39,42). The normalized spacial score (nSPS) is 15.7. The molecule has 44 heavy (non-hydrogen) atoms. The van der Waals surface area contributed by atoms with E-state index in [9.17, 15) is 45.4 Å². The van der Waals surface area contributed by atoms with Gasteiger partial charge in [0, 0.05) is 28.5 Å². The number of benzene rings is 3. The first-order chi connectivity index (χ1) is 20.5. The first-order valence-corrected chi connectivity index (χ1v) is 13.0. The number of carbonyl (C=O) groups is 1. The largest absolute Gasteiger partial charge is 0.416 e. The zero-order chi connectivity index (χ0) is 32.1. The van der Waals surface area contributed by atoms with Crippen molar-refractivity contribution in [2.45, 2.75) is 49.6 Å². The van der Waals surface area contributed by atoms with E-state index in [-0.39, 0.29) is 35.0 Å². The van der Waals surface area contributed by atoms with Crippen LogP contribution >= 0.6 is 0 Å². The van der Waals surface area contributed by atoms with Crippen LogP contribution in [0.4, 0.5) is 36.4 Å². The number of anilines is 1. The average Bonchev–Trinajstić information content (AvgIpc) is 3.73. The molecule has 2 N–H and O–H groups in total. The van der Waals surface area contributed by atoms with Gasteiger partial charge in [-0.2, -0.15) is 26.3 Å². The fourth-order valence-corrected chi connectivity index (χ4v) is 4.93. The van der Waals surface area contributed by atoms with Gasteiger partial charge < -0.3 is 14.9 Å². The minimum atomic E-state index is -4.78. The summed E-state index contributed by atoms with van der Waals surface area (Å²) in [5, 5.41) is 18.2. The van der Waals surface area contributed by atoms with Crippen LogP contribution in [0.2, 0.25) is 0 Å². The summed E-state index contributed by atoms with van der Waals surface area (Å²) in [6.07, 6.45) is -9.78. The van der Waals surface area contributed by atoms with Crippen molar-refractivity contribution >= 4 is 22.4 Å². The Balaban J connectivity index is 1.54. The Morgan fingerprint density at radius 3 is 2.20 bits per heavy atom. The molecule has 13 heteroatoms. The third kappa shape index (κ3) is 6.16. The Morgan fingerprint density at radius 1 is 0.955 bits per heavy atom. The highest BCUT2D eigenvalue weighted by Crippen LogP contribution is 2.55. The number of aryl methyl sites for hydroxylation is 1. The van der Waals surface area contributed by atoms with E-state index < -0.39 is 58.3 Å². The van der Waals surface area contributed by atoms with Gasteiger partial charge >= 0.3 is 18.0 Å². The fraction of sp³-hybridized carbons (Fsp3) is 0.258. The predicted octanol–water partition coefficient (Wildman–Crippen LogP) is 6.52. The maximum Gasteiger partial charge on any atom is 0.416 e. The summed E-state index contributed by atoms with van der Waals surface area (Å²) >= 11 is 0. The van der Waals surface area contributed by atoms with Gasteiger partial charge in [0.15, 0.2) is 0 Å². The van der Waals surface area contributed by atoms with Gasteiger partial charge in [0.25, 0.3) is 5.91 Å². The maximum absolute atomic E-state index is 14.9. The van der Waals surface area contributed by atoms with Crippen LogP contribution < -0.4 is 10.9 Å². The van der Waals surface area contributed by atoms with Gasteiger partial charge in [0.05, 0.1) is 22.2 Å². The number of hydrogen-bond acceptors (Lipinski definition) is 5. The van der Waals surface area contributed by atoms with Crippen LogP contribution in [0.3, 0.4) is 0 Å². The number of nitrogens with zero attached hydrogens (tertiary/aromatic N) is 1. The van der Waals surface area contributed by atoms with E-state index in [4.69, 9.17) is 0 Å². The number of amides is 1. The van der Waals surface area contributed by atoms with Gasteiger partial charge in [-0.1, -0.05) is 17.0 Å². The highest BCUT2D eigenvalue weighted by atomic mass is 19.4. The van der Waals surface area contributed by atoms with Crippen molar-refractivity contribution in [3.63, 3.8) is 0 Å². The monoisotopic (exact) mass is 618 g/mol. The van der Waals surface area contributed by atoms with E-state index >= 15 is 0 Å². The number of nitrogens with one attached hydrogen (secondary N) is 1. The zero-order valence-corrected chi connectivity index (χ0v) is 22.7. The third-order valence-electron chi connectivity index (χ3n) is 7.47. The molecule has 1 amide bonds. The van der Waals surface area contributed by atoms with Crippen LogP contribution in [0.1, 0.15) is 47.2 Å². The Hall–Kier alpha value is -4.70. The molecular weight excluding hydrogens is 597 g/mol.